The Labute approximate surface area is 69.1 Å². The normalized spacial score (nSPS) is 9.92. The van der Waals surface area contributed by atoms with E-state index in [0.717, 1.165) is 0 Å². The van der Waals surface area contributed by atoms with Gasteiger partial charge in [0, 0.05) is 5.56 Å². The summed E-state index contributed by atoms with van der Waals surface area (Å²) in [6.07, 6.45) is 0. The maximum atomic E-state index is 10.9. The van der Waals surface area contributed by atoms with Crippen molar-refractivity contribution in [1.82, 2.24) is 5.43 Å². The van der Waals surface area contributed by atoms with Crippen molar-refractivity contribution in [3.63, 3.8) is 0 Å². The van der Waals surface area contributed by atoms with E-state index < -0.39 is 5.91 Å². The van der Waals surface area contributed by atoms with Gasteiger partial charge in [-0.25, -0.2) is 5.84 Å². The van der Waals surface area contributed by atoms with Crippen molar-refractivity contribution in [2.75, 3.05) is 0 Å². The van der Waals surface area contributed by atoms with Crippen LogP contribution in [0.15, 0.2) is 10.5 Å². The van der Waals surface area contributed by atoms with Crippen LogP contribution in [0, 0.1) is 6.92 Å². The van der Waals surface area contributed by atoms with Gasteiger partial charge < -0.3 is 9.52 Å². The lowest BCUT2D eigenvalue weighted by Gasteiger charge is -1.91. The maximum absolute atomic E-state index is 10.9. The van der Waals surface area contributed by atoms with E-state index in [1.54, 1.807) is 6.92 Å². The summed E-state index contributed by atoms with van der Waals surface area (Å²) in [4.78, 5) is 10.9. The number of hydrogen-bond donors (Lipinski definition) is 3. The summed E-state index contributed by atoms with van der Waals surface area (Å²) in [5, 5.41) is 8.76. The van der Waals surface area contributed by atoms with Crippen LogP contribution in [-0.2, 0) is 6.61 Å². The lowest BCUT2D eigenvalue weighted by atomic mass is 10.2. The largest absolute Gasteiger partial charge is 0.456 e. The van der Waals surface area contributed by atoms with Crippen molar-refractivity contribution in [3.05, 3.63) is 23.2 Å². The summed E-state index contributed by atoms with van der Waals surface area (Å²) in [6.45, 7) is 1.52. The van der Waals surface area contributed by atoms with Crippen LogP contribution in [0.3, 0.4) is 0 Å². The Kier molecular flexibility index (Phi) is 2.47. The van der Waals surface area contributed by atoms with Gasteiger partial charge in [0.15, 0.2) is 5.76 Å². The molecule has 0 aliphatic rings. The molecule has 0 saturated carbocycles. The number of hydrazine groups is 1. The second-order valence-corrected chi connectivity index (χ2v) is 2.32. The van der Waals surface area contributed by atoms with E-state index in [1.807, 2.05) is 5.43 Å². The number of rotatable bonds is 2. The number of aryl methyl sites for hydroxylation is 1. The van der Waals surface area contributed by atoms with E-state index in [0.29, 0.717) is 11.3 Å². The van der Waals surface area contributed by atoms with E-state index in [9.17, 15) is 4.79 Å². The number of aliphatic hydroxyl groups is 1. The van der Waals surface area contributed by atoms with Gasteiger partial charge >= 0.3 is 5.91 Å². The first kappa shape index (κ1) is 8.76. The van der Waals surface area contributed by atoms with E-state index in [1.165, 1.54) is 6.07 Å². The second kappa shape index (κ2) is 3.38. The van der Waals surface area contributed by atoms with Crippen LogP contribution in [-0.4, -0.2) is 11.0 Å². The Morgan fingerprint density at radius 2 is 2.50 bits per heavy atom. The SMILES string of the molecule is Cc1oc(C(=O)NN)cc1CO. The van der Waals surface area contributed by atoms with Gasteiger partial charge in [-0.1, -0.05) is 0 Å². The molecule has 4 N–H and O–H groups in total. The Balaban J connectivity index is 2.96. The predicted molar refractivity (Wildman–Crippen MR) is 41.0 cm³/mol. The molecule has 1 amide bonds. The first-order valence-corrected chi connectivity index (χ1v) is 3.40. The third-order valence-corrected chi connectivity index (χ3v) is 1.55. The molecule has 5 heteroatoms. The molecule has 0 atom stereocenters. The monoisotopic (exact) mass is 170 g/mol. The maximum Gasteiger partial charge on any atom is 0.300 e. The quantitative estimate of drug-likeness (QED) is 0.322. The highest BCUT2D eigenvalue weighted by Gasteiger charge is 2.11. The number of nitrogen functional groups attached to an aromatic ring is 1. The van der Waals surface area contributed by atoms with Crippen LogP contribution in [0.4, 0.5) is 0 Å². The molecular formula is C7H10N2O3. The van der Waals surface area contributed by atoms with Crippen molar-refractivity contribution in [1.29, 1.82) is 0 Å². The Hall–Kier alpha value is -1.33. The minimum atomic E-state index is -0.502. The van der Waals surface area contributed by atoms with Gasteiger partial charge in [-0.05, 0) is 13.0 Å². The summed E-state index contributed by atoms with van der Waals surface area (Å²) in [6, 6.07) is 1.46. The van der Waals surface area contributed by atoms with Crippen molar-refractivity contribution < 1.29 is 14.3 Å². The number of carbonyl (C=O) groups is 1. The standard InChI is InChI=1S/C7H10N2O3/c1-4-5(3-10)2-6(12-4)7(11)9-8/h2,10H,3,8H2,1H3,(H,9,11). The van der Waals surface area contributed by atoms with Crippen LogP contribution < -0.4 is 11.3 Å². The topological polar surface area (TPSA) is 88.5 Å². The number of furan rings is 1. The Morgan fingerprint density at radius 3 is 2.92 bits per heavy atom. The minimum absolute atomic E-state index is 0.110. The molecule has 0 radical (unpaired) electrons. The second-order valence-electron chi connectivity index (χ2n) is 2.32. The molecule has 0 fully saturated rings. The van der Waals surface area contributed by atoms with Crippen molar-refractivity contribution in [2.24, 2.45) is 5.84 Å². The molecule has 0 aliphatic carbocycles. The van der Waals surface area contributed by atoms with E-state index >= 15 is 0 Å². The van der Waals surface area contributed by atoms with Crippen LogP contribution >= 0.6 is 0 Å². The summed E-state index contributed by atoms with van der Waals surface area (Å²) in [7, 11) is 0. The highest BCUT2D eigenvalue weighted by Crippen LogP contribution is 2.13. The van der Waals surface area contributed by atoms with Gasteiger partial charge in [0.1, 0.15) is 5.76 Å². The van der Waals surface area contributed by atoms with Gasteiger partial charge in [0.05, 0.1) is 6.61 Å². The zero-order chi connectivity index (χ0) is 9.14. The molecule has 0 aliphatic heterocycles. The summed E-state index contributed by atoms with van der Waals surface area (Å²) in [5.41, 5.74) is 2.52. The number of aliphatic hydroxyl groups excluding tert-OH is 1. The summed E-state index contributed by atoms with van der Waals surface area (Å²) in [5.74, 6) is 5.02. The van der Waals surface area contributed by atoms with Crippen LogP contribution in [0.25, 0.3) is 0 Å². The van der Waals surface area contributed by atoms with Gasteiger partial charge in [-0.15, -0.1) is 0 Å². The van der Waals surface area contributed by atoms with E-state index in [4.69, 9.17) is 15.4 Å². The van der Waals surface area contributed by atoms with Gasteiger partial charge in [0.25, 0.3) is 0 Å². The number of carbonyl (C=O) groups excluding carboxylic acids is 1. The Morgan fingerprint density at radius 1 is 1.83 bits per heavy atom. The third kappa shape index (κ3) is 1.46. The van der Waals surface area contributed by atoms with Crippen molar-refractivity contribution in [3.8, 4) is 0 Å². The zero-order valence-corrected chi connectivity index (χ0v) is 6.63. The highest BCUT2D eigenvalue weighted by molar-refractivity contribution is 5.91. The molecule has 1 aromatic rings. The molecule has 0 bridgehead atoms. The van der Waals surface area contributed by atoms with Crippen LogP contribution in [0.5, 0.6) is 0 Å². The van der Waals surface area contributed by atoms with Gasteiger partial charge in [0.2, 0.25) is 0 Å². The predicted octanol–water partition coefficient (Wildman–Crippen LogP) is -0.316. The Bertz CT molecular complexity index is 293. The number of amides is 1. The smallest absolute Gasteiger partial charge is 0.300 e. The molecule has 1 rings (SSSR count). The lowest BCUT2D eigenvalue weighted by Crippen LogP contribution is -2.29. The molecule has 0 spiro atoms. The van der Waals surface area contributed by atoms with E-state index in [2.05, 4.69) is 0 Å². The lowest BCUT2D eigenvalue weighted by molar-refractivity contribution is 0.0924. The molecular weight excluding hydrogens is 160 g/mol. The first-order valence-electron chi connectivity index (χ1n) is 3.40. The summed E-state index contributed by atoms with van der Waals surface area (Å²) < 4.78 is 5.01. The fourth-order valence-corrected chi connectivity index (χ4v) is 0.860. The minimum Gasteiger partial charge on any atom is -0.456 e. The molecule has 66 valence electrons. The van der Waals surface area contributed by atoms with Gasteiger partial charge in [-0.3, -0.25) is 10.2 Å². The van der Waals surface area contributed by atoms with Crippen LogP contribution in [0.2, 0.25) is 0 Å². The average Bonchev–Trinajstić information content (AvgIpc) is 2.45. The molecule has 1 heterocycles. The first-order chi connectivity index (χ1) is 5.69. The molecule has 0 aromatic carbocycles. The van der Waals surface area contributed by atoms with Crippen molar-refractivity contribution >= 4 is 5.91 Å². The molecule has 0 unspecified atom stereocenters. The fraction of sp³-hybridized carbons (Fsp3) is 0.286. The summed E-state index contributed by atoms with van der Waals surface area (Å²) >= 11 is 0. The third-order valence-electron chi connectivity index (χ3n) is 1.55. The average molecular weight is 170 g/mol. The highest BCUT2D eigenvalue weighted by atomic mass is 16.4. The van der Waals surface area contributed by atoms with Gasteiger partial charge in [-0.2, -0.15) is 0 Å². The van der Waals surface area contributed by atoms with Crippen molar-refractivity contribution in [2.45, 2.75) is 13.5 Å². The molecule has 12 heavy (non-hydrogen) atoms. The zero-order valence-electron chi connectivity index (χ0n) is 6.63. The van der Waals surface area contributed by atoms with Crippen LogP contribution in [0.1, 0.15) is 21.9 Å². The number of nitrogens with two attached hydrogens (primary N) is 1. The fourth-order valence-electron chi connectivity index (χ4n) is 0.860. The molecule has 1 aromatic heterocycles. The molecule has 0 saturated heterocycles. The molecule has 5 nitrogen and oxygen atoms in total. The number of nitrogens with one attached hydrogen (secondary N) is 1. The number of hydrogen-bond acceptors (Lipinski definition) is 4. The van der Waals surface area contributed by atoms with E-state index in [-0.39, 0.29) is 12.4 Å².